The Balaban J connectivity index is 2.44. The summed E-state index contributed by atoms with van der Waals surface area (Å²) in [6.45, 7) is 6.64. The van der Waals surface area contributed by atoms with Crippen molar-refractivity contribution in [2.75, 3.05) is 13.7 Å². The van der Waals surface area contributed by atoms with Gasteiger partial charge >= 0.3 is 5.97 Å². The predicted octanol–water partition coefficient (Wildman–Crippen LogP) is 1.27. The predicted molar refractivity (Wildman–Crippen MR) is 88.8 cm³/mol. The Bertz CT molecular complexity index is 590. The number of carbonyl (C=O) groups excluding carboxylic acids is 3. The van der Waals surface area contributed by atoms with Crippen molar-refractivity contribution >= 4 is 17.8 Å². The molecule has 0 bridgehead atoms. The quantitative estimate of drug-likeness (QED) is 0.763. The zero-order valence-electron chi connectivity index (χ0n) is 14.6. The van der Waals surface area contributed by atoms with Crippen LogP contribution >= 0.6 is 0 Å². The fraction of sp³-hybridized carbons (Fsp3) is 0.471. The Morgan fingerprint density at radius 1 is 1.12 bits per heavy atom. The van der Waals surface area contributed by atoms with E-state index in [0.29, 0.717) is 11.3 Å². The van der Waals surface area contributed by atoms with Crippen LogP contribution in [0.1, 0.15) is 38.1 Å². The van der Waals surface area contributed by atoms with E-state index in [-0.39, 0.29) is 6.54 Å². The summed E-state index contributed by atoms with van der Waals surface area (Å²) in [7, 11) is 1.53. The zero-order chi connectivity index (χ0) is 18.3. The first-order valence-corrected chi connectivity index (χ1v) is 7.56. The number of methoxy groups -OCH3 is 1. The molecular weight excluding hydrogens is 312 g/mol. The van der Waals surface area contributed by atoms with Gasteiger partial charge in [0.2, 0.25) is 0 Å². The normalized spacial score (nSPS) is 12.0. The van der Waals surface area contributed by atoms with Crippen LogP contribution in [0.25, 0.3) is 0 Å². The molecule has 1 rings (SSSR count). The number of benzene rings is 1. The van der Waals surface area contributed by atoms with Crippen LogP contribution in [0, 0.1) is 0 Å². The molecule has 0 fully saturated rings. The topological polar surface area (TPSA) is 93.7 Å². The molecule has 0 radical (unpaired) electrons. The van der Waals surface area contributed by atoms with Gasteiger partial charge in [-0.2, -0.15) is 0 Å². The van der Waals surface area contributed by atoms with Crippen molar-refractivity contribution in [2.24, 2.45) is 0 Å². The molecule has 0 aliphatic heterocycles. The Morgan fingerprint density at radius 3 is 2.21 bits per heavy atom. The summed E-state index contributed by atoms with van der Waals surface area (Å²) in [5.41, 5.74) is -0.0255. The number of hydrogen-bond donors (Lipinski definition) is 2. The van der Waals surface area contributed by atoms with E-state index < -0.39 is 29.4 Å². The van der Waals surface area contributed by atoms with E-state index in [2.05, 4.69) is 10.6 Å². The van der Waals surface area contributed by atoms with Crippen molar-refractivity contribution in [3.63, 3.8) is 0 Å². The number of rotatable bonds is 6. The maximum Gasteiger partial charge on any atom is 0.326 e. The van der Waals surface area contributed by atoms with Crippen LogP contribution in [0.5, 0.6) is 5.75 Å². The number of hydrogen-bond acceptors (Lipinski definition) is 5. The highest BCUT2D eigenvalue weighted by atomic mass is 16.5. The van der Waals surface area contributed by atoms with Gasteiger partial charge in [-0.25, -0.2) is 0 Å². The second-order valence-electron chi connectivity index (χ2n) is 6.28. The number of nitrogens with one attached hydrogen (secondary N) is 2. The van der Waals surface area contributed by atoms with Crippen LogP contribution in [-0.4, -0.2) is 43.1 Å². The standard InChI is InChI=1S/C17H24N2O5/c1-11(15(21)19-17(2,3)4)24-14(20)10-18-16(22)12-6-8-13(23-5)9-7-12/h6-9,11H,10H2,1-5H3,(H,18,22)(H,19,21). The minimum Gasteiger partial charge on any atom is -0.497 e. The maximum absolute atomic E-state index is 11.9. The Hall–Kier alpha value is -2.57. The molecule has 7 heteroatoms. The third kappa shape index (κ3) is 6.68. The fourth-order valence-corrected chi connectivity index (χ4v) is 1.76. The summed E-state index contributed by atoms with van der Waals surface area (Å²) in [5, 5.41) is 5.15. The summed E-state index contributed by atoms with van der Waals surface area (Å²) in [4.78, 5) is 35.5. The van der Waals surface area contributed by atoms with E-state index in [4.69, 9.17) is 9.47 Å². The summed E-state index contributed by atoms with van der Waals surface area (Å²) < 4.78 is 10.00. The van der Waals surface area contributed by atoms with Crippen molar-refractivity contribution in [1.82, 2.24) is 10.6 Å². The lowest BCUT2D eigenvalue weighted by atomic mass is 10.1. The third-order valence-electron chi connectivity index (χ3n) is 2.92. The van der Waals surface area contributed by atoms with E-state index in [9.17, 15) is 14.4 Å². The van der Waals surface area contributed by atoms with Gasteiger partial charge in [0.1, 0.15) is 12.3 Å². The van der Waals surface area contributed by atoms with E-state index >= 15 is 0 Å². The monoisotopic (exact) mass is 336 g/mol. The molecule has 1 atom stereocenters. The van der Waals surface area contributed by atoms with E-state index in [1.807, 2.05) is 20.8 Å². The van der Waals surface area contributed by atoms with E-state index in [0.717, 1.165) is 0 Å². The molecule has 24 heavy (non-hydrogen) atoms. The number of esters is 1. The SMILES string of the molecule is COc1ccc(C(=O)NCC(=O)OC(C)C(=O)NC(C)(C)C)cc1. The Morgan fingerprint density at radius 2 is 1.71 bits per heavy atom. The van der Waals surface area contributed by atoms with Gasteiger partial charge in [-0.1, -0.05) is 0 Å². The van der Waals surface area contributed by atoms with Crippen molar-refractivity contribution in [3.8, 4) is 5.75 Å². The highest BCUT2D eigenvalue weighted by molar-refractivity contribution is 5.96. The summed E-state index contributed by atoms with van der Waals surface area (Å²) in [6.07, 6.45) is -0.936. The first-order chi connectivity index (χ1) is 11.1. The fourth-order valence-electron chi connectivity index (χ4n) is 1.76. The van der Waals surface area contributed by atoms with Gasteiger partial charge in [-0.15, -0.1) is 0 Å². The van der Waals surface area contributed by atoms with Crippen LogP contribution in [-0.2, 0) is 14.3 Å². The lowest BCUT2D eigenvalue weighted by Gasteiger charge is -2.23. The van der Waals surface area contributed by atoms with Crippen LogP contribution in [0.4, 0.5) is 0 Å². The largest absolute Gasteiger partial charge is 0.497 e. The molecule has 1 aromatic rings. The molecule has 1 aromatic carbocycles. The molecule has 0 aliphatic carbocycles. The summed E-state index contributed by atoms with van der Waals surface area (Å²) >= 11 is 0. The third-order valence-corrected chi connectivity index (χ3v) is 2.92. The average molecular weight is 336 g/mol. The molecular formula is C17H24N2O5. The minimum atomic E-state index is -0.936. The molecule has 2 N–H and O–H groups in total. The van der Waals surface area contributed by atoms with Crippen LogP contribution in [0.3, 0.4) is 0 Å². The zero-order valence-corrected chi connectivity index (χ0v) is 14.6. The molecule has 7 nitrogen and oxygen atoms in total. The molecule has 2 amide bonds. The second-order valence-corrected chi connectivity index (χ2v) is 6.28. The van der Waals surface area contributed by atoms with Crippen LogP contribution in [0.2, 0.25) is 0 Å². The smallest absolute Gasteiger partial charge is 0.326 e. The second kappa shape index (κ2) is 8.33. The summed E-state index contributed by atoms with van der Waals surface area (Å²) in [5.74, 6) is -0.864. The van der Waals surface area contributed by atoms with Gasteiger partial charge in [-0.05, 0) is 52.0 Å². The minimum absolute atomic E-state index is 0.321. The van der Waals surface area contributed by atoms with Gasteiger partial charge < -0.3 is 20.1 Å². The molecule has 0 saturated heterocycles. The number of ether oxygens (including phenoxy) is 2. The van der Waals surface area contributed by atoms with Gasteiger partial charge in [0, 0.05) is 11.1 Å². The van der Waals surface area contributed by atoms with Gasteiger partial charge in [0.05, 0.1) is 7.11 Å². The highest BCUT2D eigenvalue weighted by Gasteiger charge is 2.22. The van der Waals surface area contributed by atoms with Gasteiger partial charge in [0.15, 0.2) is 6.10 Å². The van der Waals surface area contributed by atoms with Crippen molar-refractivity contribution in [2.45, 2.75) is 39.3 Å². The van der Waals surface area contributed by atoms with E-state index in [1.165, 1.54) is 14.0 Å². The Labute approximate surface area is 141 Å². The van der Waals surface area contributed by atoms with Crippen molar-refractivity contribution in [3.05, 3.63) is 29.8 Å². The Kier molecular flexibility index (Phi) is 6.76. The lowest BCUT2D eigenvalue weighted by Crippen LogP contribution is -2.46. The molecule has 0 aliphatic rings. The maximum atomic E-state index is 11.9. The summed E-state index contributed by atoms with van der Waals surface area (Å²) in [6, 6.07) is 6.45. The molecule has 132 valence electrons. The highest BCUT2D eigenvalue weighted by Crippen LogP contribution is 2.11. The van der Waals surface area contributed by atoms with E-state index in [1.54, 1.807) is 24.3 Å². The van der Waals surface area contributed by atoms with Crippen LogP contribution in [0.15, 0.2) is 24.3 Å². The number of carbonyl (C=O) groups is 3. The van der Waals surface area contributed by atoms with Crippen molar-refractivity contribution in [1.29, 1.82) is 0 Å². The molecule has 0 spiro atoms. The molecule has 0 aromatic heterocycles. The molecule has 0 saturated carbocycles. The molecule has 1 unspecified atom stereocenters. The lowest BCUT2D eigenvalue weighted by molar-refractivity contribution is -0.154. The average Bonchev–Trinajstić information content (AvgIpc) is 2.51. The van der Waals surface area contributed by atoms with Gasteiger partial charge in [-0.3, -0.25) is 14.4 Å². The van der Waals surface area contributed by atoms with Crippen molar-refractivity contribution < 1.29 is 23.9 Å². The van der Waals surface area contributed by atoms with Gasteiger partial charge in [0.25, 0.3) is 11.8 Å². The first kappa shape index (κ1) is 19.5. The number of amides is 2. The van der Waals surface area contributed by atoms with Crippen LogP contribution < -0.4 is 15.4 Å². The first-order valence-electron chi connectivity index (χ1n) is 7.56. The molecule has 0 heterocycles.